The van der Waals surface area contributed by atoms with Crippen LogP contribution in [0.15, 0.2) is 0 Å². The fourth-order valence-electron chi connectivity index (χ4n) is 2.14. The van der Waals surface area contributed by atoms with Crippen molar-refractivity contribution in [2.24, 2.45) is 0 Å². The third-order valence-electron chi connectivity index (χ3n) is 3.03. The number of nitrogens with one attached hydrogen (secondary N) is 1. The van der Waals surface area contributed by atoms with Gasteiger partial charge in [-0.25, -0.2) is 4.79 Å². The summed E-state index contributed by atoms with van der Waals surface area (Å²) in [5.74, 6) is 2.55. The zero-order chi connectivity index (χ0) is 15.2. The number of ether oxygens (including phenoxy) is 2. The molecule has 0 aromatic carbocycles. The molecule has 0 bridgehead atoms. The van der Waals surface area contributed by atoms with Gasteiger partial charge in [-0.05, 0) is 34.1 Å². The second kappa shape index (κ2) is 7.51. The average molecular weight is 282 g/mol. The molecule has 2 unspecified atom stereocenters. The van der Waals surface area contributed by atoms with Crippen LogP contribution in [0.2, 0.25) is 0 Å². The summed E-state index contributed by atoms with van der Waals surface area (Å²) in [6.45, 7) is 9.87. The van der Waals surface area contributed by atoms with E-state index in [0.29, 0.717) is 26.3 Å². The van der Waals surface area contributed by atoms with Crippen molar-refractivity contribution in [1.29, 1.82) is 0 Å². The third-order valence-corrected chi connectivity index (χ3v) is 3.03. The number of morpholine rings is 1. The number of hydrogen-bond donors (Lipinski definition) is 1. The van der Waals surface area contributed by atoms with E-state index in [1.54, 1.807) is 4.90 Å². The van der Waals surface area contributed by atoms with Crippen LogP contribution in [0.1, 0.15) is 34.1 Å². The van der Waals surface area contributed by atoms with Gasteiger partial charge in [0.1, 0.15) is 5.60 Å². The molecule has 2 atom stereocenters. The van der Waals surface area contributed by atoms with Crippen LogP contribution in [0.3, 0.4) is 0 Å². The molecule has 1 rings (SSSR count). The van der Waals surface area contributed by atoms with Crippen LogP contribution in [-0.4, -0.2) is 55.0 Å². The minimum Gasteiger partial charge on any atom is -0.444 e. The summed E-state index contributed by atoms with van der Waals surface area (Å²) in [6, 6.07) is 0.251. The lowest BCUT2D eigenvalue weighted by Crippen LogP contribution is -2.52. The Bertz CT molecular complexity index is 357. The number of carbonyl (C=O) groups is 1. The van der Waals surface area contributed by atoms with Gasteiger partial charge in [-0.15, -0.1) is 6.42 Å². The highest BCUT2D eigenvalue weighted by atomic mass is 16.6. The van der Waals surface area contributed by atoms with Crippen LogP contribution in [0.25, 0.3) is 0 Å². The smallest absolute Gasteiger partial charge is 0.410 e. The molecular formula is C15H26N2O3. The molecule has 1 amide bonds. The van der Waals surface area contributed by atoms with Crippen molar-refractivity contribution in [3.05, 3.63) is 0 Å². The molecule has 20 heavy (non-hydrogen) atoms. The van der Waals surface area contributed by atoms with E-state index >= 15 is 0 Å². The zero-order valence-electron chi connectivity index (χ0n) is 12.9. The van der Waals surface area contributed by atoms with Gasteiger partial charge >= 0.3 is 6.09 Å². The molecule has 0 aliphatic carbocycles. The van der Waals surface area contributed by atoms with Crippen molar-refractivity contribution in [3.63, 3.8) is 0 Å². The standard InChI is InChI=1S/C15H26N2O3/c1-6-7-16-12(2)10-13-11-19-9-8-17(13)14(18)20-15(3,4)5/h1,12-13,16H,7-11H2,2-5H3. The van der Waals surface area contributed by atoms with E-state index in [-0.39, 0.29) is 18.2 Å². The Hall–Kier alpha value is -1.25. The molecule has 1 saturated heterocycles. The van der Waals surface area contributed by atoms with Crippen LogP contribution in [0.4, 0.5) is 4.79 Å². The summed E-state index contributed by atoms with van der Waals surface area (Å²) in [7, 11) is 0. The van der Waals surface area contributed by atoms with E-state index in [9.17, 15) is 4.79 Å². The zero-order valence-corrected chi connectivity index (χ0v) is 12.9. The minimum atomic E-state index is -0.479. The van der Waals surface area contributed by atoms with Gasteiger partial charge in [-0.1, -0.05) is 5.92 Å². The molecule has 0 saturated carbocycles. The van der Waals surface area contributed by atoms with Crippen molar-refractivity contribution in [2.45, 2.75) is 51.8 Å². The van der Waals surface area contributed by atoms with Gasteiger partial charge in [0.25, 0.3) is 0 Å². The first-order chi connectivity index (χ1) is 9.33. The normalized spacial score (nSPS) is 21.1. The van der Waals surface area contributed by atoms with Gasteiger partial charge in [-0.2, -0.15) is 0 Å². The average Bonchev–Trinajstić information content (AvgIpc) is 2.35. The molecule has 0 spiro atoms. The molecule has 1 aliphatic rings. The first-order valence-corrected chi connectivity index (χ1v) is 7.07. The van der Waals surface area contributed by atoms with E-state index in [2.05, 4.69) is 18.2 Å². The lowest BCUT2D eigenvalue weighted by Gasteiger charge is -2.37. The molecule has 1 heterocycles. The third kappa shape index (κ3) is 5.81. The van der Waals surface area contributed by atoms with E-state index in [1.807, 2.05) is 20.8 Å². The Morgan fingerprint density at radius 1 is 1.60 bits per heavy atom. The number of rotatable bonds is 4. The summed E-state index contributed by atoms with van der Waals surface area (Å²) in [5, 5.41) is 3.22. The number of carbonyl (C=O) groups excluding carboxylic acids is 1. The van der Waals surface area contributed by atoms with E-state index in [1.165, 1.54) is 0 Å². The Labute approximate surface area is 122 Å². The summed E-state index contributed by atoms with van der Waals surface area (Å²) < 4.78 is 10.9. The second-order valence-electron chi connectivity index (χ2n) is 6.12. The van der Waals surface area contributed by atoms with Gasteiger partial charge in [0.05, 0.1) is 25.8 Å². The highest BCUT2D eigenvalue weighted by Gasteiger charge is 2.31. The predicted octanol–water partition coefficient (Wildman–Crippen LogP) is 1.62. The predicted molar refractivity (Wildman–Crippen MR) is 78.5 cm³/mol. The lowest BCUT2D eigenvalue weighted by atomic mass is 10.1. The van der Waals surface area contributed by atoms with Crippen molar-refractivity contribution < 1.29 is 14.3 Å². The second-order valence-corrected chi connectivity index (χ2v) is 6.12. The van der Waals surface area contributed by atoms with Crippen molar-refractivity contribution >= 4 is 6.09 Å². The van der Waals surface area contributed by atoms with Gasteiger partial charge in [-0.3, -0.25) is 0 Å². The molecule has 1 aliphatic heterocycles. The van der Waals surface area contributed by atoms with Crippen LogP contribution < -0.4 is 5.32 Å². The maximum absolute atomic E-state index is 12.2. The fraction of sp³-hybridized carbons (Fsp3) is 0.800. The Morgan fingerprint density at radius 3 is 2.90 bits per heavy atom. The molecular weight excluding hydrogens is 256 g/mol. The summed E-state index contributed by atoms with van der Waals surface area (Å²) in [6.07, 6.45) is 5.76. The first-order valence-electron chi connectivity index (χ1n) is 7.07. The Morgan fingerprint density at radius 2 is 2.30 bits per heavy atom. The molecule has 1 N–H and O–H groups in total. The topological polar surface area (TPSA) is 50.8 Å². The maximum atomic E-state index is 12.2. The molecule has 1 fully saturated rings. The number of amides is 1. The molecule has 114 valence electrons. The van der Waals surface area contributed by atoms with E-state index < -0.39 is 5.60 Å². The highest BCUT2D eigenvalue weighted by molar-refractivity contribution is 5.68. The molecule has 0 aromatic rings. The maximum Gasteiger partial charge on any atom is 0.410 e. The van der Waals surface area contributed by atoms with Gasteiger partial charge < -0.3 is 19.7 Å². The summed E-state index contributed by atoms with van der Waals surface area (Å²) in [5.41, 5.74) is -0.479. The summed E-state index contributed by atoms with van der Waals surface area (Å²) in [4.78, 5) is 14.0. The quantitative estimate of drug-likeness (QED) is 0.796. The van der Waals surface area contributed by atoms with Crippen molar-refractivity contribution in [2.75, 3.05) is 26.3 Å². The Balaban J connectivity index is 2.58. The minimum absolute atomic E-state index is 0.0267. The molecule has 5 heteroatoms. The largest absolute Gasteiger partial charge is 0.444 e. The Kier molecular flexibility index (Phi) is 6.31. The monoisotopic (exact) mass is 282 g/mol. The first kappa shape index (κ1) is 16.8. The SMILES string of the molecule is C#CCNC(C)CC1COCCN1C(=O)OC(C)(C)C. The highest BCUT2D eigenvalue weighted by Crippen LogP contribution is 2.17. The number of hydrogen-bond acceptors (Lipinski definition) is 4. The van der Waals surface area contributed by atoms with E-state index in [4.69, 9.17) is 15.9 Å². The van der Waals surface area contributed by atoms with E-state index in [0.717, 1.165) is 6.42 Å². The van der Waals surface area contributed by atoms with Crippen LogP contribution >= 0.6 is 0 Å². The molecule has 0 radical (unpaired) electrons. The fourth-order valence-corrected chi connectivity index (χ4v) is 2.14. The number of nitrogens with zero attached hydrogens (tertiary/aromatic N) is 1. The van der Waals surface area contributed by atoms with Crippen molar-refractivity contribution in [1.82, 2.24) is 10.2 Å². The van der Waals surface area contributed by atoms with Gasteiger partial charge in [0, 0.05) is 12.6 Å². The van der Waals surface area contributed by atoms with Crippen molar-refractivity contribution in [3.8, 4) is 12.3 Å². The molecule has 5 nitrogen and oxygen atoms in total. The lowest BCUT2D eigenvalue weighted by molar-refractivity contribution is -0.0355. The van der Waals surface area contributed by atoms with Gasteiger partial charge in [0.2, 0.25) is 0 Å². The van der Waals surface area contributed by atoms with Crippen LogP contribution in [0, 0.1) is 12.3 Å². The molecule has 0 aromatic heterocycles. The number of terminal acetylenes is 1. The van der Waals surface area contributed by atoms with Gasteiger partial charge in [0.15, 0.2) is 0 Å². The summed E-state index contributed by atoms with van der Waals surface area (Å²) >= 11 is 0. The van der Waals surface area contributed by atoms with Crippen LogP contribution in [0.5, 0.6) is 0 Å². The van der Waals surface area contributed by atoms with Crippen LogP contribution in [-0.2, 0) is 9.47 Å².